The van der Waals surface area contributed by atoms with Gasteiger partial charge in [-0.25, -0.2) is 8.42 Å². The van der Waals surface area contributed by atoms with Crippen LogP contribution >= 0.6 is 0 Å². The molecule has 2 fully saturated rings. The Labute approximate surface area is 136 Å². The number of carbonyl (C=O) groups is 2. The van der Waals surface area contributed by atoms with Crippen molar-refractivity contribution in [2.45, 2.75) is 43.4 Å². The van der Waals surface area contributed by atoms with Gasteiger partial charge in [0.25, 0.3) is 5.91 Å². The maximum Gasteiger partial charge on any atom is 0.260 e. The van der Waals surface area contributed by atoms with E-state index in [9.17, 15) is 18.0 Å². The van der Waals surface area contributed by atoms with E-state index < -0.39 is 27.2 Å². The molecule has 0 aromatic rings. The Morgan fingerprint density at radius 1 is 1.26 bits per heavy atom. The van der Waals surface area contributed by atoms with Crippen LogP contribution in [0, 0.1) is 5.92 Å². The molecular formula is C16H22N2O4S. The van der Waals surface area contributed by atoms with E-state index in [0.717, 1.165) is 12.0 Å². The molecular weight excluding hydrogens is 316 g/mol. The van der Waals surface area contributed by atoms with Crippen molar-refractivity contribution in [3.63, 3.8) is 0 Å². The molecule has 0 aromatic carbocycles. The summed E-state index contributed by atoms with van der Waals surface area (Å²) in [6.07, 6.45) is 4.48. The molecule has 0 spiro atoms. The highest BCUT2D eigenvalue weighted by Gasteiger charge is 2.39. The van der Waals surface area contributed by atoms with Gasteiger partial charge in [0.1, 0.15) is 6.04 Å². The average Bonchev–Trinajstić information content (AvgIpc) is 3.26. The van der Waals surface area contributed by atoms with Crippen LogP contribution in [-0.2, 0) is 19.6 Å². The Hall–Kier alpha value is -1.89. The summed E-state index contributed by atoms with van der Waals surface area (Å²) < 4.78 is 25.8. The van der Waals surface area contributed by atoms with E-state index in [4.69, 9.17) is 0 Å². The number of nitrogens with one attached hydrogen (secondary N) is 2. The molecule has 2 atom stereocenters. The number of amides is 2. The molecule has 1 unspecified atom stereocenters. The van der Waals surface area contributed by atoms with E-state index in [2.05, 4.69) is 25.1 Å². The zero-order valence-electron chi connectivity index (χ0n) is 13.0. The van der Waals surface area contributed by atoms with Crippen molar-refractivity contribution >= 4 is 21.8 Å². The van der Waals surface area contributed by atoms with Crippen LogP contribution in [0.3, 0.4) is 0 Å². The second-order valence-corrected chi connectivity index (χ2v) is 8.08. The van der Waals surface area contributed by atoms with Crippen LogP contribution in [0.2, 0.25) is 0 Å². The van der Waals surface area contributed by atoms with Crippen LogP contribution in [0.5, 0.6) is 0 Å². The van der Waals surface area contributed by atoms with Gasteiger partial charge in [0.2, 0.25) is 15.9 Å². The second kappa shape index (κ2) is 6.70. The first kappa shape index (κ1) is 17.5. The lowest BCUT2D eigenvalue weighted by Gasteiger charge is -2.20. The molecule has 23 heavy (non-hydrogen) atoms. The minimum absolute atomic E-state index is 0.240. The van der Waals surface area contributed by atoms with Crippen molar-refractivity contribution in [3.05, 3.63) is 37.0 Å². The first-order chi connectivity index (χ1) is 10.7. The maximum atomic E-state index is 12.3. The summed E-state index contributed by atoms with van der Waals surface area (Å²) in [5, 5.41) is 2.07. The lowest BCUT2D eigenvalue weighted by Crippen LogP contribution is -2.50. The molecule has 126 valence electrons. The number of sulfonamides is 1. The fourth-order valence-corrected chi connectivity index (χ4v) is 3.84. The molecule has 2 saturated carbocycles. The van der Waals surface area contributed by atoms with Gasteiger partial charge in [-0.15, -0.1) is 0 Å². The molecule has 2 rings (SSSR count). The predicted octanol–water partition coefficient (Wildman–Crippen LogP) is 1.18. The van der Waals surface area contributed by atoms with Crippen LogP contribution < -0.4 is 10.0 Å². The third-order valence-electron chi connectivity index (χ3n) is 4.14. The van der Waals surface area contributed by atoms with Crippen molar-refractivity contribution in [2.75, 3.05) is 0 Å². The van der Waals surface area contributed by atoms with Crippen LogP contribution in [0.15, 0.2) is 37.0 Å². The van der Waals surface area contributed by atoms with E-state index in [1.54, 1.807) is 0 Å². The molecule has 7 heteroatoms. The normalized spacial score (nSPS) is 22.3. The highest BCUT2D eigenvalue weighted by atomic mass is 32.2. The molecule has 2 amide bonds. The van der Waals surface area contributed by atoms with Gasteiger partial charge in [-0.3, -0.25) is 14.3 Å². The Morgan fingerprint density at radius 2 is 1.91 bits per heavy atom. The molecule has 0 radical (unpaired) electrons. The summed E-state index contributed by atoms with van der Waals surface area (Å²) in [4.78, 5) is 24.6. The molecule has 0 aliphatic heterocycles. The van der Waals surface area contributed by atoms with Crippen LogP contribution in [-0.4, -0.2) is 31.5 Å². The summed E-state index contributed by atoms with van der Waals surface area (Å²) >= 11 is 0. The molecule has 0 aromatic heterocycles. The number of hydrogen-bond acceptors (Lipinski definition) is 4. The van der Waals surface area contributed by atoms with E-state index in [1.165, 1.54) is 6.08 Å². The smallest absolute Gasteiger partial charge is 0.260 e. The second-order valence-electron chi connectivity index (χ2n) is 6.12. The van der Waals surface area contributed by atoms with E-state index >= 15 is 0 Å². The summed E-state index contributed by atoms with van der Waals surface area (Å²) in [5.74, 6) is -1.34. The van der Waals surface area contributed by atoms with Crippen LogP contribution in [0.1, 0.15) is 32.1 Å². The Balaban J connectivity index is 2.05. The fraction of sp³-hybridized carbons (Fsp3) is 0.500. The van der Waals surface area contributed by atoms with Gasteiger partial charge < -0.3 is 5.32 Å². The van der Waals surface area contributed by atoms with Crippen LogP contribution in [0.25, 0.3) is 0 Å². The van der Waals surface area contributed by atoms with Crippen LogP contribution in [0.4, 0.5) is 0 Å². The summed E-state index contributed by atoms with van der Waals surface area (Å²) in [6, 6.07) is -1.14. The average molecular weight is 338 g/mol. The Morgan fingerprint density at radius 3 is 2.39 bits per heavy atom. The Kier molecular flexibility index (Phi) is 5.09. The lowest BCUT2D eigenvalue weighted by molar-refractivity contribution is -0.129. The third kappa shape index (κ3) is 4.31. The van der Waals surface area contributed by atoms with Crippen molar-refractivity contribution in [3.8, 4) is 0 Å². The molecule has 0 heterocycles. The molecule has 0 saturated heterocycles. The van der Waals surface area contributed by atoms with Gasteiger partial charge in [-0.05, 0) is 37.7 Å². The van der Waals surface area contributed by atoms with E-state index in [1.807, 2.05) is 4.72 Å². The molecule has 2 aliphatic rings. The third-order valence-corrected chi connectivity index (χ3v) is 5.97. The van der Waals surface area contributed by atoms with Gasteiger partial charge >= 0.3 is 0 Å². The summed E-state index contributed by atoms with van der Waals surface area (Å²) in [6.45, 7) is 11.1. The minimum atomic E-state index is -3.68. The van der Waals surface area contributed by atoms with Crippen molar-refractivity contribution in [1.82, 2.24) is 10.0 Å². The highest BCUT2D eigenvalue weighted by Crippen LogP contribution is 2.29. The predicted molar refractivity (Wildman–Crippen MR) is 87.8 cm³/mol. The zero-order valence-corrected chi connectivity index (χ0v) is 13.8. The van der Waals surface area contributed by atoms with Gasteiger partial charge in [-0.1, -0.05) is 31.4 Å². The van der Waals surface area contributed by atoms with Gasteiger partial charge in [0.15, 0.2) is 0 Å². The minimum Gasteiger partial charge on any atom is -0.340 e. The first-order valence-corrected chi connectivity index (χ1v) is 9.13. The largest absolute Gasteiger partial charge is 0.340 e. The standard InChI is InChI=1S/C16H22N2O4S/c1-4-11(3)14(16(20)18-23(21,22)13-7-8-13)17-15(19)12-6-5-10(2)9-12/h4,12-14H,1-3,5-9H2,(H,17,19)(H,18,20)/t12-,14?/m0/s1. The molecule has 6 nitrogen and oxygen atoms in total. The SMILES string of the molecule is C=CC(=C)C(NC(=O)[C@H]1CCC(=C)C1)C(=O)NS(=O)(=O)C1CC1. The Bertz CT molecular complexity index is 662. The molecule has 0 bridgehead atoms. The maximum absolute atomic E-state index is 12.3. The van der Waals surface area contributed by atoms with E-state index in [0.29, 0.717) is 25.7 Å². The van der Waals surface area contributed by atoms with Crippen molar-refractivity contribution in [2.24, 2.45) is 5.92 Å². The molecule has 2 N–H and O–H groups in total. The number of rotatable bonds is 7. The van der Waals surface area contributed by atoms with E-state index in [-0.39, 0.29) is 17.4 Å². The quantitative estimate of drug-likeness (QED) is 0.538. The number of allylic oxidation sites excluding steroid dienone is 1. The number of hydrogen-bond donors (Lipinski definition) is 2. The summed E-state index contributed by atoms with van der Waals surface area (Å²) in [5.41, 5.74) is 1.25. The van der Waals surface area contributed by atoms with Crippen molar-refractivity contribution in [1.29, 1.82) is 0 Å². The van der Waals surface area contributed by atoms with Gasteiger partial charge in [0, 0.05) is 5.92 Å². The highest BCUT2D eigenvalue weighted by molar-refractivity contribution is 7.90. The molecule has 2 aliphatic carbocycles. The topological polar surface area (TPSA) is 92.3 Å². The van der Waals surface area contributed by atoms with Gasteiger partial charge in [-0.2, -0.15) is 0 Å². The first-order valence-electron chi connectivity index (χ1n) is 7.58. The zero-order chi connectivity index (χ0) is 17.2. The summed E-state index contributed by atoms with van der Waals surface area (Å²) in [7, 11) is -3.68. The van der Waals surface area contributed by atoms with Gasteiger partial charge in [0.05, 0.1) is 5.25 Å². The monoisotopic (exact) mass is 338 g/mol. The van der Waals surface area contributed by atoms with Crippen molar-refractivity contribution < 1.29 is 18.0 Å². The lowest BCUT2D eigenvalue weighted by atomic mass is 10.0. The number of carbonyl (C=O) groups excluding carboxylic acids is 2. The fourth-order valence-electron chi connectivity index (χ4n) is 2.52.